The van der Waals surface area contributed by atoms with Gasteiger partial charge in [0.2, 0.25) is 0 Å². The molecule has 0 spiro atoms. The van der Waals surface area contributed by atoms with E-state index in [1.807, 2.05) is 18.2 Å². The minimum Gasteiger partial charge on any atom is -0.423 e. The molecular weight excluding hydrogens is 344 g/mol. The lowest BCUT2D eigenvalue weighted by molar-refractivity contribution is -0.130. The fourth-order valence-electron chi connectivity index (χ4n) is 2.28. The van der Waals surface area contributed by atoms with E-state index in [4.69, 9.17) is 14.2 Å². The molecule has 0 atom stereocenters. The van der Waals surface area contributed by atoms with Crippen LogP contribution in [0, 0.1) is 0 Å². The highest BCUT2D eigenvalue weighted by molar-refractivity contribution is 5.89. The number of benzene rings is 2. The Labute approximate surface area is 158 Å². The summed E-state index contributed by atoms with van der Waals surface area (Å²) in [5.74, 6) is -0.0841. The number of ether oxygens (including phenoxy) is 3. The van der Waals surface area contributed by atoms with E-state index in [0.717, 1.165) is 16.7 Å². The highest BCUT2D eigenvalue weighted by Crippen LogP contribution is 2.30. The number of rotatable bonds is 7. The van der Waals surface area contributed by atoms with Crippen LogP contribution in [0.15, 0.2) is 66.8 Å². The van der Waals surface area contributed by atoms with Crippen LogP contribution in [-0.2, 0) is 20.9 Å². The van der Waals surface area contributed by atoms with Crippen LogP contribution in [0.3, 0.4) is 0 Å². The van der Waals surface area contributed by atoms with Gasteiger partial charge in [0.15, 0.2) is 0 Å². The quantitative estimate of drug-likeness (QED) is 0.411. The summed E-state index contributed by atoms with van der Waals surface area (Å²) >= 11 is 0. The second kappa shape index (κ2) is 8.96. The van der Waals surface area contributed by atoms with Crippen molar-refractivity contribution in [1.29, 1.82) is 0 Å². The molecule has 0 aliphatic heterocycles. The van der Waals surface area contributed by atoms with Gasteiger partial charge in [0, 0.05) is 18.3 Å². The van der Waals surface area contributed by atoms with Gasteiger partial charge in [-0.15, -0.1) is 0 Å². The lowest BCUT2D eigenvalue weighted by Gasteiger charge is -2.12. The summed E-state index contributed by atoms with van der Waals surface area (Å²) in [4.78, 5) is 23.3. The average molecular weight is 366 g/mol. The maximum atomic E-state index is 11.7. The summed E-state index contributed by atoms with van der Waals surface area (Å²) in [6.45, 7) is 10.7. The standard InChI is InChI=1S/C22H22O5/c1-14(2)21(23)26-18-8-6-16(7-9-18)20-11-10-19(12-17(20)13-25-5)27-22(24)15(3)4/h6-12H,1,3,13H2,2,4-5H3. The normalized spacial score (nSPS) is 10.2. The summed E-state index contributed by atoms with van der Waals surface area (Å²) in [5, 5.41) is 0. The first-order chi connectivity index (χ1) is 12.8. The Morgan fingerprint density at radius 3 is 1.89 bits per heavy atom. The topological polar surface area (TPSA) is 61.8 Å². The van der Waals surface area contributed by atoms with E-state index in [1.165, 1.54) is 0 Å². The molecule has 0 aliphatic rings. The number of carbonyl (C=O) groups excluding carboxylic acids is 2. The molecule has 0 radical (unpaired) electrons. The number of carbonyl (C=O) groups is 2. The molecule has 0 saturated carbocycles. The third kappa shape index (κ3) is 5.39. The van der Waals surface area contributed by atoms with E-state index in [0.29, 0.717) is 29.3 Å². The Morgan fingerprint density at radius 1 is 0.852 bits per heavy atom. The molecule has 0 N–H and O–H groups in total. The lowest BCUT2D eigenvalue weighted by Crippen LogP contribution is -2.08. The van der Waals surface area contributed by atoms with Crippen molar-refractivity contribution < 1.29 is 23.8 Å². The second-order valence-corrected chi connectivity index (χ2v) is 6.12. The van der Waals surface area contributed by atoms with Crippen LogP contribution in [0.5, 0.6) is 11.5 Å². The summed E-state index contributed by atoms with van der Waals surface area (Å²) in [5.41, 5.74) is 3.35. The lowest BCUT2D eigenvalue weighted by atomic mass is 9.99. The minimum atomic E-state index is -0.477. The molecule has 0 unspecified atom stereocenters. The van der Waals surface area contributed by atoms with Crippen molar-refractivity contribution in [2.75, 3.05) is 7.11 Å². The zero-order chi connectivity index (χ0) is 20.0. The molecule has 140 valence electrons. The van der Waals surface area contributed by atoms with E-state index in [9.17, 15) is 9.59 Å². The Hall–Kier alpha value is -3.18. The Morgan fingerprint density at radius 2 is 1.37 bits per heavy atom. The first-order valence-corrected chi connectivity index (χ1v) is 8.29. The molecule has 0 aliphatic carbocycles. The van der Waals surface area contributed by atoms with Crippen molar-refractivity contribution in [1.82, 2.24) is 0 Å². The Kier molecular flexibility index (Phi) is 6.68. The first-order valence-electron chi connectivity index (χ1n) is 8.29. The number of methoxy groups -OCH3 is 1. The van der Waals surface area contributed by atoms with Crippen LogP contribution in [0.2, 0.25) is 0 Å². The maximum absolute atomic E-state index is 11.7. The molecule has 0 fully saturated rings. The molecule has 2 aromatic rings. The summed E-state index contributed by atoms with van der Waals surface area (Å²) in [6.07, 6.45) is 0. The smallest absolute Gasteiger partial charge is 0.338 e. The van der Waals surface area contributed by atoms with Crippen molar-refractivity contribution >= 4 is 11.9 Å². The van der Waals surface area contributed by atoms with Gasteiger partial charge in [-0.25, -0.2) is 9.59 Å². The summed E-state index contributed by atoms with van der Waals surface area (Å²) < 4.78 is 15.7. The fourth-order valence-corrected chi connectivity index (χ4v) is 2.28. The third-order valence-corrected chi connectivity index (χ3v) is 3.66. The van der Waals surface area contributed by atoms with E-state index in [-0.39, 0.29) is 0 Å². The number of hydrogen-bond donors (Lipinski definition) is 0. The average Bonchev–Trinajstić information content (AvgIpc) is 2.63. The van der Waals surface area contributed by atoms with Gasteiger partial charge < -0.3 is 14.2 Å². The third-order valence-electron chi connectivity index (χ3n) is 3.66. The molecule has 2 rings (SSSR count). The van der Waals surface area contributed by atoms with Crippen molar-refractivity contribution in [3.63, 3.8) is 0 Å². The molecule has 27 heavy (non-hydrogen) atoms. The van der Waals surface area contributed by atoms with E-state index in [1.54, 1.807) is 45.2 Å². The summed E-state index contributed by atoms with van der Waals surface area (Å²) in [6, 6.07) is 12.4. The van der Waals surface area contributed by atoms with Gasteiger partial charge in [0.1, 0.15) is 11.5 Å². The molecule has 2 aromatic carbocycles. The van der Waals surface area contributed by atoms with Gasteiger partial charge in [-0.05, 0) is 54.8 Å². The molecule has 0 bridgehead atoms. The van der Waals surface area contributed by atoms with E-state index in [2.05, 4.69) is 13.2 Å². The highest BCUT2D eigenvalue weighted by Gasteiger charge is 2.11. The maximum Gasteiger partial charge on any atom is 0.338 e. The van der Waals surface area contributed by atoms with Crippen molar-refractivity contribution in [2.45, 2.75) is 20.5 Å². The van der Waals surface area contributed by atoms with Gasteiger partial charge >= 0.3 is 11.9 Å². The monoisotopic (exact) mass is 366 g/mol. The first kappa shape index (κ1) is 20.1. The minimum absolute atomic E-state index is 0.326. The van der Waals surface area contributed by atoms with Crippen LogP contribution in [-0.4, -0.2) is 19.0 Å². The van der Waals surface area contributed by atoms with Gasteiger partial charge in [0.25, 0.3) is 0 Å². The molecule has 0 aromatic heterocycles. The van der Waals surface area contributed by atoms with Gasteiger partial charge in [-0.2, -0.15) is 0 Å². The van der Waals surface area contributed by atoms with Crippen LogP contribution in [0.1, 0.15) is 19.4 Å². The van der Waals surface area contributed by atoms with Crippen LogP contribution in [0.25, 0.3) is 11.1 Å². The van der Waals surface area contributed by atoms with Crippen LogP contribution in [0.4, 0.5) is 0 Å². The molecule has 0 amide bonds. The van der Waals surface area contributed by atoms with E-state index >= 15 is 0 Å². The molecule has 5 heteroatoms. The SMILES string of the molecule is C=C(C)C(=O)Oc1ccc(-c2ccc(OC(=O)C(=C)C)cc2COC)cc1. The van der Waals surface area contributed by atoms with E-state index < -0.39 is 11.9 Å². The fraction of sp³-hybridized carbons (Fsp3) is 0.182. The highest BCUT2D eigenvalue weighted by atomic mass is 16.5. The zero-order valence-electron chi connectivity index (χ0n) is 15.7. The van der Waals surface area contributed by atoms with Crippen LogP contribution >= 0.6 is 0 Å². The zero-order valence-corrected chi connectivity index (χ0v) is 15.7. The number of esters is 2. The van der Waals surface area contributed by atoms with Gasteiger partial charge in [-0.3, -0.25) is 0 Å². The van der Waals surface area contributed by atoms with Crippen LogP contribution < -0.4 is 9.47 Å². The second-order valence-electron chi connectivity index (χ2n) is 6.12. The number of hydrogen-bond acceptors (Lipinski definition) is 5. The molecule has 0 heterocycles. The largest absolute Gasteiger partial charge is 0.423 e. The Bertz CT molecular complexity index is 878. The molecule has 5 nitrogen and oxygen atoms in total. The van der Waals surface area contributed by atoms with Crippen molar-refractivity contribution in [3.05, 3.63) is 72.3 Å². The van der Waals surface area contributed by atoms with Crippen molar-refractivity contribution in [3.8, 4) is 22.6 Å². The Balaban J connectivity index is 2.28. The van der Waals surface area contributed by atoms with Gasteiger partial charge in [-0.1, -0.05) is 31.4 Å². The summed E-state index contributed by atoms with van der Waals surface area (Å²) in [7, 11) is 1.59. The predicted octanol–water partition coefficient (Wildman–Crippen LogP) is 4.46. The molecule has 0 saturated heterocycles. The van der Waals surface area contributed by atoms with Gasteiger partial charge in [0.05, 0.1) is 6.61 Å². The molecular formula is C22H22O5. The predicted molar refractivity (Wildman–Crippen MR) is 103 cm³/mol. The van der Waals surface area contributed by atoms with Crippen molar-refractivity contribution in [2.24, 2.45) is 0 Å².